The molecule has 2 unspecified atom stereocenters. The molecule has 8 heteroatoms. The van der Waals surface area contributed by atoms with Crippen LogP contribution in [-0.2, 0) is 0 Å². The van der Waals surface area contributed by atoms with Crippen molar-refractivity contribution in [2.45, 2.75) is 52.6 Å². The third-order valence-corrected chi connectivity index (χ3v) is 5.14. The number of urea groups is 1. The minimum absolute atomic E-state index is 0.222. The highest BCUT2D eigenvalue weighted by Crippen LogP contribution is 2.30. The van der Waals surface area contributed by atoms with E-state index in [1.807, 2.05) is 53.9 Å². The minimum Gasteiger partial charge on any atom is -0.493 e. The van der Waals surface area contributed by atoms with Gasteiger partial charge in [0.2, 0.25) is 0 Å². The van der Waals surface area contributed by atoms with Crippen LogP contribution in [0.3, 0.4) is 0 Å². The largest absolute Gasteiger partial charge is 0.493 e. The van der Waals surface area contributed by atoms with Crippen LogP contribution in [0.15, 0.2) is 42.6 Å². The van der Waals surface area contributed by atoms with E-state index in [1.54, 1.807) is 7.11 Å². The van der Waals surface area contributed by atoms with Crippen LogP contribution in [0, 0.1) is 5.92 Å². The fourth-order valence-electron chi connectivity index (χ4n) is 3.46. The van der Waals surface area contributed by atoms with Gasteiger partial charge >= 0.3 is 6.03 Å². The Morgan fingerprint density at radius 2 is 1.91 bits per heavy atom. The van der Waals surface area contributed by atoms with Crippen molar-refractivity contribution in [3.05, 3.63) is 54.0 Å². The van der Waals surface area contributed by atoms with Crippen LogP contribution >= 0.6 is 0 Å². The van der Waals surface area contributed by atoms with E-state index in [-0.39, 0.29) is 18.1 Å². The second-order valence-electron chi connectivity index (χ2n) is 8.28. The number of methoxy groups -OCH3 is 1. The molecular weight excluding hydrogens is 406 g/mol. The summed E-state index contributed by atoms with van der Waals surface area (Å²) in [4.78, 5) is 12.8. The van der Waals surface area contributed by atoms with Gasteiger partial charge in [-0.05, 0) is 49.1 Å². The third kappa shape index (κ3) is 5.69. The van der Waals surface area contributed by atoms with Crippen LogP contribution in [0.5, 0.6) is 11.5 Å². The molecule has 172 valence electrons. The van der Waals surface area contributed by atoms with Crippen molar-refractivity contribution >= 4 is 11.7 Å². The maximum absolute atomic E-state index is 12.8. The summed E-state index contributed by atoms with van der Waals surface area (Å²) in [6, 6.07) is 10.7. The van der Waals surface area contributed by atoms with Gasteiger partial charge in [-0.2, -0.15) is 0 Å². The molecule has 0 fully saturated rings. The first-order valence-electron chi connectivity index (χ1n) is 11.1. The number of hydrogen-bond donors (Lipinski definition) is 2. The van der Waals surface area contributed by atoms with Crippen LogP contribution in [0.2, 0.25) is 0 Å². The first kappa shape index (κ1) is 23.4. The third-order valence-electron chi connectivity index (χ3n) is 5.14. The monoisotopic (exact) mass is 439 g/mol. The predicted octanol–water partition coefficient (Wildman–Crippen LogP) is 4.67. The molecule has 3 aromatic rings. The maximum atomic E-state index is 12.8. The van der Waals surface area contributed by atoms with Gasteiger partial charge in [-0.1, -0.05) is 39.3 Å². The molecule has 2 atom stereocenters. The van der Waals surface area contributed by atoms with E-state index in [9.17, 15) is 4.79 Å². The predicted molar refractivity (Wildman–Crippen MR) is 124 cm³/mol. The zero-order valence-electron chi connectivity index (χ0n) is 19.5. The van der Waals surface area contributed by atoms with Gasteiger partial charge in [0.25, 0.3) is 0 Å². The summed E-state index contributed by atoms with van der Waals surface area (Å²) in [7, 11) is 1.62. The van der Waals surface area contributed by atoms with Crippen LogP contribution < -0.4 is 20.1 Å². The van der Waals surface area contributed by atoms with E-state index < -0.39 is 0 Å². The molecule has 0 radical (unpaired) electrons. The van der Waals surface area contributed by atoms with Crippen molar-refractivity contribution in [3.8, 4) is 11.5 Å². The lowest BCUT2D eigenvalue weighted by Crippen LogP contribution is -2.39. The number of rotatable bonds is 10. The first-order valence-corrected chi connectivity index (χ1v) is 11.1. The Labute approximate surface area is 189 Å². The molecule has 0 aliphatic rings. The molecule has 8 nitrogen and oxygen atoms in total. The number of hydrogen-bond acceptors (Lipinski definition) is 5. The van der Waals surface area contributed by atoms with Gasteiger partial charge in [0.1, 0.15) is 0 Å². The highest BCUT2D eigenvalue weighted by molar-refractivity contribution is 5.75. The maximum Gasteiger partial charge on any atom is 0.315 e. The molecule has 2 aromatic heterocycles. The Hall–Kier alpha value is -3.29. The summed E-state index contributed by atoms with van der Waals surface area (Å²) in [5, 5.41) is 14.6. The van der Waals surface area contributed by atoms with Crippen molar-refractivity contribution in [3.63, 3.8) is 0 Å². The topological polar surface area (TPSA) is 89.8 Å². The molecule has 2 heterocycles. The van der Waals surface area contributed by atoms with E-state index in [1.165, 1.54) is 0 Å². The second-order valence-corrected chi connectivity index (χ2v) is 8.28. The van der Waals surface area contributed by atoms with Crippen molar-refractivity contribution in [2.75, 3.05) is 13.7 Å². The quantitative estimate of drug-likeness (QED) is 0.479. The number of pyridine rings is 1. The highest BCUT2D eigenvalue weighted by Gasteiger charge is 2.21. The molecule has 0 aliphatic heterocycles. The summed E-state index contributed by atoms with van der Waals surface area (Å²) in [5.41, 5.74) is 1.68. The molecule has 0 bridgehead atoms. The zero-order chi connectivity index (χ0) is 23.1. The number of nitrogens with zero attached hydrogens (tertiary/aromatic N) is 3. The van der Waals surface area contributed by atoms with Gasteiger partial charge in [-0.15, -0.1) is 10.2 Å². The summed E-state index contributed by atoms with van der Waals surface area (Å²) < 4.78 is 13.2. The van der Waals surface area contributed by atoms with Gasteiger partial charge in [0.05, 0.1) is 25.8 Å². The zero-order valence-corrected chi connectivity index (χ0v) is 19.5. The van der Waals surface area contributed by atoms with Crippen LogP contribution in [0.4, 0.5) is 4.79 Å². The lowest BCUT2D eigenvalue weighted by molar-refractivity contribution is 0.232. The Bertz CT molecular complexity index is 1030. The standard InChI is InChI=1S/C24H33N5O3/c1-6-9-19(23-28-27-22-10-7-8-13-29(22)23)26-24(30)25-17(4)18-11-12-20(21(14-18)31-5)32-15-16(2)3/h7-8,10-14,16-17,19H,6,9,15H2,1-5H3,(H2,25,26,30). The van der Waals surface area contributed by atoms with E-state index in [4.69, 9.17) is 9.47 Å². The molecule has 32 heavy (non-hydrogen) atoms. The van der Waals surface area contributed by atoms with Crippen molar-refractivity contribution in [1.29, 1.82) is 0 Å². The van der Waals surface area contributed by atoms with E-state index in [0.29, 0.717) is 24.0 Å². The average molecular weight is 440 g/mol. The fourth-order valence-corrected chi connectivity index (χ4v) is 3.46. The summed E-state index contributed by atoms with van der Waals surface area (Å²) >= 11 is 0. The molecule has 1 aromatic carbocycles. The second kappa shape index (κ2) is 10.8. The Morgan fingerprint density at radius 3 is 2.62 bits per heavy atom. The van der Waals surface area contributed by atoms with Gasteiger partial charge in [0, 0.05) is 6.20 Å². The number of nitrogens with one attached hydrogen (secondary N) is 2. The number of ether oxygens (including phenoxy) is 2. The van der Waals surface area contributed by atoms with Crippen LogP contribution in [0.1, 0.15) is 64.0 Å². The normalized spacial score (nSPS) is 13.1. The van der Waals surface area contributed by atoms with Gasteiger partial charge < -0.3 is 20.1 Å². The Morgan fingerprint density at radius 1 is 1.09 bits per heavy atom. The Kier molecular flexibility index (Phi) is 7.92. The average Bonchev–Trinajstić information content (AvgIpc) is 3.21. The first-order chi connectivity index (χ1) is 15.4. The van der Waals surface area contributed by atoms with Gasteiger partial charge in [0.15, 0.2) is 23.0 Å². The summed E-state index contributed by atoms with van der Waals surface area (Å²) in [6.07, 6.45) is 3.56. The van der Waals surface area contributed by atoms with E-state index >= 15 is 0 Å². The van der Waals surface area contributed by atoms with Crippen molar-refractivity contribution in [1.82, 2.24) is 25.2 Å². The number of amides is 2. The van der Waals surface area contributed by atoms with Crippen molar-refractivity contribution in [2.24, 2.45) is 5.92 Å². The number of aromatic nitrogens is 3. The number of benzene rings is 1. The van der Waals surface area contributed by atoms with E-state index in [2.05, 4.69) is 41.6 Å². The smallest absolute Gasteiger partial charge is 0.315 e. The molecule has 0 spiro atoms. The summed E-state index contributed by atoms with van der Waals surface area (Å²) in [5.74, 6) is 2.49. The molecule has 0 aliphatic carbocycles. The Balaban J connectivity index is 1.68. The summed E-state index contributed by atoms with van der Waals surface area (Å²) in [6.45, 7) is 8.82. The molecule has 2 N–H and O–H groups in total. The fraction of sp³-hybridized carbons (Fsp3) is 0.458. The SMILES string of the molecule is CCCC(NC(=O)NC(C)c1ccc(OCC(C)C)c(OC)c1)c1nnc2ccccn12. The number of carbonyl (C=O) groups excluding carboxylic acids is 1. The molecule has 3 rings (SSSR count). The molecule has 2 amide bonds. The van der Waals surface area contributed by atoms with Crippen molar-refractivity contribution < 1.29 is 14.3 Å². The highest BCUT2D eigenvalue weighted by atomic mass is 16.5. The van der Waals surface area contributed by atoms with Gasteiger partial charge in [-0.25, -0.2) is 4.79 Å². The van der Waals surface area contributed by atoms with Gasteiger partial charge in [-0.3, -0.25) is 4.40 Å². The number of carbonyl (C=O) groups is 1. The number of fused-ring (bicyclic) bond motifs is 1. The van der Waals surface area contributed by atoms with E-state index in [0.717, 1.165) is 29.9 Å². The molecular formula is C24H33N5O3. The molecule has 0 saturated carbocycles. The van der Waals surface area contributed by atoms with Crippen LogP contribution in [0.25, 0.3) is 5.65 Å². The lowest BCUT2D eigenvalue weighted by Gasteiger charge is -2.21. The van der Waals surface area contributed by atoms with Crippen LogP contribution in [-0.4, -0.2) is 34.3 Å². The lowest BCUT2D eigenvalue weighted by atomic mass is 10.1. The molecule has 0 saturated heterocycles. The minimum atomic E-state index is -0.261.